The number of amides is 1. The highest BCUT2D eigenvalue weighted by Gasteiger charge is 2.22. The molecule has 1 atom stereocenters. The van der Waals surface area contributed by atoms with E-state index in [0.717, 1.165) is 13.0 Å². The van der Waals surface area contributed by atoms with Gasteiger partial charge in [-0.25, -0.2) is 0 Å². The minimum absolute atomic E-state index is 0.218. The molecular weight excluding hydrogens is 210 g/mol. The summed E-state index contributed by atoms with van der Waals surface area (Å²) in [6, 6.07) is 0.624. The molecule has 4 nitrogen and oxygen atoms in total. The minimum atomic E-state index is 0.218. The van der Waals surface area contributed by atoms with Crippen molar-refractivity contribution in [2.75, 3.05) is 13.6 Å². The lowest BCUT2D eigenvalue weighted by molar-refractivity contribution is -0.132. The third-order valence-corrected chi connectivity index (χ3v) is 2.62. The Labute approximate surface area is 96.4 Å². The number of carbonyl (C=O) groups is 1. The van der Waals surface area contributed by atoms with Gasteiger partial charge in [-0.05, 0) is 32.5 Å². The van der Waals surface area contributed by atoms with Gasteiger partial charge in [-0.15, -0.1) is 0 Å². The van der Waals surface area contributed by atoms with E-state index in [0.29, 0.717) is 17.6 Å². The Morgan fingerprint density at radius 1 is 1.60 bits per heavy atom. The van der Waals surface area contributed by atoms with Crippen LogP contribution in [0.4, 0.5) is 0 Å². The lowest BCUT2D eigenvalue weighted by atomic mass is 10.1. The van der Waals surface area contributed by atoms with Crippen LogP contribution in [0, 0.1) is 0 Å². The number of piperidine rings is 1. The molecule has 1 amide bonds. The van der Waals surface area contributed by atoms with E-state index in [1.54, 1.807) is 4.90 Å². The molecular formula is C10H19N3OS. The lowest BCUT2D eigenvalue weighted by Gasteiger charge is -2.31. The zero-order chi connectivity index (χ0) is 11.4. The number of rotatable bonds is 2. The molecule has 0 radical (unpaired) electrons. The number of likely N-dealkylation sites (tertiary alicyclic amines) is 1. The molecule has 0 bridgehead atoms. The number of carbonyl (C=O) groups excluding carboxylic acids is 1. The molecule has 1 saturated heterocycles. The minimum Gasteiger partial charge on any atom is -0.361 e. The third kappa shape index (κ3) is 4.03. The maximum atomic E-state index is 11.3. The van der Waals surface area contributed by atoms with Crippen LogP contribution in [0.15, 0.2) is 0 Å². The lowest BCUT2D eigenvalue weighted by Crippen LogP contribution is -2.51. The van der Waals surface area contributed by atoms with Gasteiger partial charge in [0.05, 0.1) is 0 Å². The fraction of sp³-hybridized carbons (Fsp3) is 0.800. The van der Waals surface area contributed by atoms with Crippen molar-refractivity contribution in [3.63, 3.8) is 0 Å². The number of nitrogens with one attached hydrogen (secondary N) is 2. The number of thiocarbonyl (C=S) groups is 1. The van der Waals surface area contributed by atoms with Crippen LogP contribution in [0.2, 0.25) is 0 Å². The molecule has 1 fully saturated rings. The molecule has 1 unspecified atom stereocenters. The first-order valence-corrected chi connectivity index (χ1v) is 5.71. The Hall–Kier alpha value is -0.840. The Morgan fingerprint density at radius 2 is 2.27 bits per heavy atom. The van der Waals surface area contributed by atoms with Crippen molar-refractivity contribution in [3.8, 4) is 0 Å². The molecule has 0 aromatic heterocycles. The van der Waals surface area contributed by atoms with Crippen LogP contribution in [-0.4, -0.2) is 41.6 Å². The third-order valence-electron chi connectivity index (χ3n) is 2.38. The Kier molecular flexibility index (Phi) is 4.32. The fourth-order valence-corrected chi connectivity index (χ4v) is 2.02. The highest BCUT2D eigenvalue weighted by molar-refractivity contribution is 7.80. The predicted molar refractivity (Wildman–Crippen MR) is 64.7 cm³/mol. The Bertz CT molecular complexity index is 255. The van der Waals surface area contributed by atoms with Crippen molar-refractivity contribution in [2.45, 2.75) is 38.8 Å². The van der Waals surface area contributed by atoms with Crippen LogP contribution in [0.25, 0.3) is 0 Å². The van der Waals surface area contributed by atoms with Gasteiger partial charge in [-0.3, -0.25) is 4.79 Å². The molecule has 1 aliphatic heterocycles. The van der Waals surface area contributed by atoms with Gasteiger partial charge in [-0.2, -0.15) is 0 Å². The first-order chi connectivity index (χ1) is 6.99. The molecule has 1 rings (SSSR count). The van der Waals surface area contributed by atoms with Crippen LogP contribution < -0.4 is 10.6 Å². The van der Waals surface area contributed by atoms with E-state index in [1.807, 2.05) is 20.9 Å². The van der Waals surface area contributed by atoms with E-state index >= 15 is 0 Å². The fourth-order valence-electron chi connectivity index (χ4n) is 1.62. The molecule has 0 aromatic carbocycles. The summed E-state index contributed by atoms with van der Waals surface area (Å²) in [5.74, 6) is 0.218. The van der Waals surface area contributed by atoms with E-state index in [4.69, 9.17) is 12.2 Å². The van der Waals surface area contributed by atoms with E-state index in [-0.39, 0.29) is 11.9 Å². The maximum absolute atomic E-state index is 11.3. The van der Waals surface area contributed by atoms with Crippen LogP contribution in [-0.2, 0) is 4.79 Å². The molecule has 0 aliphatic carbocycles. The van der Waals surface area contributed by atoms with Crippen LogP contribution in [0.3, 0.4) is 0 Å². The average Bonchev–Trinajstić information content (AvgIpc) is 2.10. The molecule has 86 valence electrons. The summed E-state index contributed by atoms with van der Waals surface area (Å²) in [7, 11) is 1.83. The van der Waals surface area contributed by atoms with Gasteiger partial charge in [0.2, 0.25) is 5.91 Å². The molecule has 1 aliphatic rings. The normalized spacial score (nSPS) is 21.7. The molecule has 5 heteroatoms. The summed E-state index contributed by atoms with van der Waals surface area (Å²) < 4.78 is 0. The molecule has 1 heterocycles. The number of nitrogens with zero attached hydrogens (tertiary/aromatic N) is 1. The quantitative estimate of drug-likeness (QED) is 0.676. The highest BCUT2D eigenvalue weighted by Crippen LogP contribution is 2.09. The summed E-state index contributed by atoms with van der Waals surface area (Å²) >= 11 is 5.15. The second-order valence-corrected chi connectivity index (χ2v) is 4.69. The summed E-state index contributed by atoms with van der Waals surface area (Å²) in [4.78, 5) is 13.0. The zero-order valence-corrected chi connectivity index (χ0v) is 10.4. The number of hydrogen-bond acceptors (Lipinski definition) is 2. The molecule has 15 heavy (non-hydrogen) atoms. The van der Waals surface area contributed by atoms with Gasteiger partial charge in [0, 0.05) is 32.1 Å². The summed E-state index contributed by atoms with van der Waals surface area (Å²) in [6.07, 6.45) is 1.47. The maximum Gasteiger partial charge on any atom is 0.222 e. The van der Waals surface area contributed by atoms with E-state index in [1.165, 1.54) is 0 Å². The number of hydrogen-bond donors (Lipinski definition) is 2. The number of likely N-dealkylation sites (N-methyl/N-ethyl adjacent to an activating group) is 1. The Morgan fingerprint density at radius 3 is 2.80 bits per heavy atom. The SMILES string of the molecule is CC(C)NC(=S)NC1CCC(=O)N(C)C1. The smallest absolute Gasteiger partial charge is 0.222 e. The average molecular weight is 229 g/mol. The predicted octanol–water partition coefficient (Wildman–Crippen LogP) is 0.480. The largest absolute Gasteiger partial charge is 0.361 e. The summed E-state index contributed by atoms with van der Waals surface area (Å²) in [6.45, 7) is 4.83. The van der Waals surface area contributed by atoms with Crippen molar-refractivity contribution in [1.29, 1.82) is 0 Å². The van der Waals surface area contributed by atoms with Crippen molar-refractivity contribution in [3.05, 3.63) is 0 Å². The molecule has 0 spiro atoms. The van der Waals surface area contributed by atoms with Gasteiger partial charge in [0.25, 0.3) is 0 Å². The molecule has 2 N–H and O–H groups in total. The monoisotopic (exact) mass is 229 g/mol. The van der Waals surface area contributed by atoms with Gasteiger partial charge in [0.1, 0.15) is 0 Å². The van der Waals surface area contributed by atoms with Crippen LogP contribution in [0.1, 0.15) is 26.7 Å². The van der Waals surface area contributed by atoms with Crippen molar-refractivity contribution >= 4 is 23.2 Å². The highest BCUT2D eigenvalue weighted by atomic mass is 32.1. The first-order valence-electron chi connectivity index (χ1n) is 5.30. The standard InChI is InChI=1S/C10H19N3OS/c1-7(2)11-10(15)12-8-4-5-9(14)13(3)6-8/h7-8H,4-6H2,1-3H3,(H2,11,12,15). The second-order valence-electron chi connectivity index (χ2n) is 4.28. The molecule has 0 saturated carbocycles. The topological polar surface area (TPSA) is 44.4 Å². The van der Waals surface area contributed by atoms with Crippen LogP contribution >= 0.6 is 12.2 Å². The first kappa shape index (κ1) is 12.2. The summed E-state index contributed by atoms with van der Waals surface area (Å²) in [5, 5.41) is 7.04. The van der Waals surface area contributed by atoms with Crippen molar-refractivity contribution < 1.29 is 4.79 Å². The van der Waals surface area contributed by atoms with Gasteiger partial charge >= 0.3 is 0 Å². The van der Waals surface area contributed by atoms with Gasteiger partial charge < -0.3 is 15.5 Å². The van der Waals surface area contributed by atoms with Gasteiger partial charge in [0.15, 0.2) is 5.11 Å². The van der Waals surface area contributed by atoms with E-state index < -0.39 is 0 Å². The zero-order valence-electron chi connectivity index (χ0n) is 9.54. The van der Waals surface area contributed by atoms with E-state index in [9.17, 15) is 4.79 Å². The summed E-state index contributed by atoms with van der Waals surface area (Å²) in [5.41, 5.74) is 0. The van der Waals surface area contributed by atoms with Crippen molar-refractivity contribution in [1.82, 2.24) is 15.5 Å². The second kappa shape index (κ2) is 5.30. The molecule has 0 aromatic rings. The van der Waals surface area contributed by atoms with Crippen LogP contribution in [0.5, 0.6) is 0 Å². The Balaban J connectivity index is 2.33. The van der Waals surface area contributed by atoms with Crippen molar-refractivity contribution in [2.24, 2.45) is 0 Å². The van der Waals surface area contributed by atoms with E-state index in [2.05, 4.69) is 10.6 Å². The van der Waals surface area contributed by atoms with Gasteiger partial charge in [-0.1, -0.05) is 0 Å².